The molecule has 2 N–H and O–H groups in total. The summed E-state index contributed by atoms with van der Waals surface area (Å²) >= 11 is 0. The predicted octanol–water partition coefficient (Wildman–Crippen LogP) is 4.17. The fraction of sp³-hybridized carbons (Fsp3) is 0.517. The Labute approximate surface area is 257 Å². The number of alkyl halides is 3. The van der Waals surface area contributed by atoms with Crippen molar-refractivity contribution in [3.05, 3.63) is 63.2 Å². The van der Waals surface area contributed by atoms with Crippen LogP contribution in [-0.4, -0.2) is 55.7 Å². The lowest BCUT2D eigenvalue weighted by Gasteiger charge is -2.25. The lowest BCUT2D eigenvalue weighted by atomic mass is 9.88. The molecule has 0 aromatic carbocycles. The second kappa shape index (κ2) is 12.8. The molecule has 0 aliphatic carbocycles. The fourth-order valence-corrected chi connectivity index (χ4v) is 4.32. The van der Waals surface area contributed by atoms with E-state index in [9.17, 15) is 32.3 Å². The average molecular weight is 636 g/mol. The Morgan fingerprint density at radius 2 is 1.71 bits per heavy atom. The molecular weight excluding hydrogens is 599 g/mol. The molecule has 2 amide bonds. The van der Waals surface area contributed by atoms with Gasteiger partial charge in [0, 0.05) is 11.6 Å². The van der Waals surface area contributed by atoms with E-state index in [2.05, 4.69) is 35.5 Å². The third-order valence-corrected chi connectivity index (χ3v) is 6.90. The minimum atomic E-state index is -4.56. The Morgan fingerprint density at radius 3 is 2.22 bits per heavy atom. The molecule has 0 fully saturated rings. The van der Waals surface area contributed by atoms with Gasteiger partial charge < -0.3 is 14.5 Å². The van der Waals surface area contributed by atoms with Gasteiger partial charge in [0.2, 0.25) is 17.6 Å². The van der Waals surface area contributed by atoms with Crippen LogP contribution < -0.4 is 16.2 Å². The number of Topliss-reactive ketones (excluding diaryl/α,β-unsaturated/α-hetero) is 1. The van der Waals surface area contributed by atoms with E-state index in [0.717, 1.165) is 17.7 Å². The molecule has 0 radical (unpaired) electrons. The number of ether oxygens (including phenoxy) is 1. The molecule has 3 aromatic heterocycles. The number of hydrogen-bond donors (Lipinski definition) is 2. The van der Waals surface area contributed by atoms with Gasteiger partial charge in [0.05, 0.1) is 35.5 Å². The van der Waals surface area contributed by atoms with E-state index in [-0.39, 0.29) is 28.8 Å². The highest BCUT2D eigenvalue weighted by atomic mass is 19.4. The smallest absolute Gasteiger partial charge is 0.417 e. The number of rotatable bonds is 9. The van der Waals surface area contributed by atoms with Gasteiger partial charge in [0.25, 0.3) is 11.4 Å². The molecule has 45 heavy (non-hydrogen) atoms. The number of ketones is 1. The van der Waals surface area contributed by atoms with Crippen LogP contribution in [0.15, 0.2) is 27.5 Å². The summed E-state index contributed by atoms with van der Waals surface area (Å²) in [5.41, 5.74) is -3.21. The van der Waals surface area contributed by atoms with Gasteiger partial charge in [-0.3, -0.25) is 29.3 Å². The molecule has 0 aliphatic rings. The van der Waals surface area contributed by atoms with Crippen LogP contribution in [0.25, 0.3) is 0 Å². The normalized spacial score (nSPS) is 13.0. The number of amides is 2. The van der Waals surface area contributed by atoms with Gasteiger partial charge in [-0.2, -0.15) is 13.2 Å². The summed E-state index contributed by atoms with van der Waals surface area (Å²) in [6, 6.07) is 0.912. The molecule has 13 nitrogen and oxygen atoms in total. The largest absolute Gasteiger partial charge is 0.453 e. The van der Waals surface area contributed by atoms with E-state index < -0.39 is 70.3 Å². The zero-order valence-corrected chi connectivity index (χ0v) is 26.4. The zero-order chi connectivity index (χ0) is 34.1. The van der Waals surface area contributed by atoms with Crippen molar-refractivity contribution in [3.8, 4) is 0 Å². The summed E-state index contributed by atoms with van der Waals surface area (Å²) in [6.07, 6.45) is -4.76. The Hall–Kier alpha value is -4.63. The minimum Gasteiger partial charge on any atom is -0.453 e. The van der Waals surface area contributed by atoms with E-state index in [0.29, 0.717) is 6.20 Å². The number of anilines is 1. The number of halogens is 3. The van der Waals surface area contributed by atoms with Crippen LogP contribution in [-0.2, 0) is 33.1 Å². The van der Waals surface area contributed by atoms with Crippen LogP contribution in [0.3, 0.4) is 0 Å². The average Bonchev–Trinajstić information content (AvgIpc) is 3.45. The Kier molecular flexibility index (Phi) is 9.89. The number of hydrogen-bond acceptors (Lipinski definition) is 10. The van der Waals surface area contributed by atoms with E-state index in [4.69, 9.17) is 4.42 Å². The number of carbonyl (C=O) groups excluding carboxylic acids is 3. The van der Waals surface area contributed by atoms with Gasteiger partial charge in [-0.15, -0.1) is 10.2 Å². The third kappa shape index (κ3) is 7.72. The number of pyridine rings is 1. The Morgan fingerprint density at radius 1 is 1.07 bits per heavy atom. The highest BCUT2D eigenvalue weighted by molar-refractivity contribution is 5.98. The molecule has 0 spiro atoms. The van der Waals surface area contributed by atoms with Crippen LogP contribution in [0.2, 0.25) is 0 Å². The van der Waals surface area contributed by atoms with Gasteiger partial charge >= 0.3 is 12.3 Å². The summed E-state index contributed by atoms with van der Waals surface area (Å²) < 4.78 is 50.3. The first-order valence-electron chi connectivity index (χ1n) is 13.9. The number of aromatic nitrogens is 5. The maximum Gasteiger partial charge on any atom is 0.417 e. The topological polar surface area (TPSA) is 171 Å². The van der Waals surface area contributed by atoms with Crippen molar-refractivity contribution in [1.29, 1.82) is 0 Å². The van der Waals surface area contributed by atoms with Crippen LogP contribution >= 0.6 is 0 Å². The van der Waals surface area contributed by atoms with Gasteiger partial charge in [-0.05, 0) is 38.8 Å². The van der Waals surface area contributed by atoms with Crippen molar-refractivity contribution in [1.82, 2.24) is 30.0 Å². The summed E-state index contributed by atoms with van der Waals surface area (Å²) in [5, 5.41) is 12.7. The van der Waals surface area contributed by atoms with Crippen molar-refractivity contribution in [2.24, 2.45) is 5.92 Å². The van der Waals surface area contributed by atoms with Crippen molar-refractivity contribution in [2.45, 2.75) is 85.0 Å². The van der Waals surface area contributed by atoms with Crippen LogP contribution in [0.5, 0.6) is 0 Å². The highest BCUT2D eigenvalue weighted by Crippen LogP contribution is 2.33. The summed E-state index contributed by atoms with van der Waals surface area (Å²) in [6.45, 7) is 12.9. The second-order valence-corrected chi connectivity index (χ2v) is 12.3. The monoisotopic (exact) mass is 635 g/mol. The van der Waals surface area contributed by atoms with E-state index in [1.54, 1.807) is 48.5 Å². The first kappa shape index (κ1) is 34.9. The summed E-state index contributed by atoms with van der Waals surface area (Å²) in [5.74, 6) is -2.13. The maximum atomic E-state index is 13.5. The molecule has 1 atom stereocenters. The van der Waals surface area contributed by atoms with Crippen molar-refractivity contribution >= 4 is 23.5 Å². The SMILES string of the molecule is COC(=O)Nc1c(C)nc(C(C)(C)C)n(CC(=O)N[C@@H](C(=O)c2nnc(C(C)(C)c3ccc(C(F)(F)F)cn3)o2)C(C)C)c1=O. The van der Waals surface area contributed by atoms with Crippen molar-refractivity contribution in [2.75, 3.05) is 12.4 Å². The number of aryl methyl sites for hydroxylation is 1. The maximum absolute atomic E-state index is 13.5. The number of nitrogens with zero attached hydrogens (tertiary/aromatic N) is 5. The first-order chi connectivity index (χ1) is 20.7. The van der Waals surface area contributed by atoms with Crippen LogP contribution in [0.1, 0.15) is 87.8 Å². The van der Waals surface area contributed by atoms with E-state index in [1.165, 1.54) is 13.0 Å². The van der Waals surface area contributed by atoms with Crippen LogP contribution in [0.4, 0.5) is 23.7 Å². The Bertz CT molecular complexity index is 1640. The molecule has 0 aliphatic heterocycles. The molecule has 3 aromatic rings. The predicted molar refractivity (Wildman–Crippen MR) is 155 cm³/mol. The molecule has 3 heterocycles. The first-order valence-corrected chi connectivity index (χ1v) is 13.9. The van der Waals surface area contributed by atoms with Gasteiger partial charge in [-0.25, -0.2) is 9.78 Å². The second-order valence-electron chi connectivity index (χ2n) is 12.3. The van der Waals surface area contributed by atoms with Crippen LogP contribution in [0, 0.1) is 12.8 Å². The standard InChI is InChI=1S/C29H36F3N7O6/c1-14(2)19(21(41)22-37-38-25(45-22)28(7,8)17-11-10-16(12-33-17)29(30,31)32)35-18(40)13-39-23(42)20(36-26(43)44-9)15(3)34-24(39)27(4,5)6/h10-12,14,19H,13H2,1-9H3,(H,35,40)(H,36,43)/t19-/m1/s1. The summed E-state index contributed by atoms with van der Waals surface area (Å²) in [4.78, 5) is 60.4. The molecule has 3 rings (SSSR count). The number of methoxy groups -OCH3 is 1. The minimum absolute atomic E-state index is 0.0790. The van der Waals surface area contributed by atoms with E-state index in [1.807, 2.05) is 0 Å². The molecule has 16 heteroatoms. The Balaban J connectivity index is 1.88. The molecule has 0 unspecified atom stereocenters. The van der Waals surface area contributed by atoms with E-state index >= 15 is 0 Å². The fourth-order valence-electron chi connectivity index (χ4n) is 4.32. The quantitative estimate of drug-likeness (QED) is 0.325. The molecule has 0 saturated carbocycles. The molecule has 244 valence electrons. The van der Waals surface area contributed by atoms with Gasteiger partial charge in [0.15, 0.2) is 0 Å². The highest BCUT2D eigenvalue weighted by Gasteiger charge is 2.37. The lowest BCUT2D eigenvalue weighted by Crippen LogP contribution is -2.47. The third-order valence-electron chi connectivity index (χ3n) is 6.90. The van der Waals surface area contributed by atoms with Gasteiger partial charge in [-0.1, -0.05) is 34.6 Å². The van der Waals surface area contributed by atoms with Crippen molar-refractivity contribution < 1.29 is 36.7 Å². The van der Waals surface area contributed by atoms with Gasteiger partial charge in [0.1, 0.15) is 18.1 Å². The lowest BCUT2D eigenvalue weighted by molar-refractivity contribution is -0.137. The molecule has 0 saturated heterocycles. The number of nitrogens with one attached hydrogen (secondary N) is 2. The zero-order valence-electron chi connectivity index (χ0n) is 26.4. The number of carbonyl (C=O) groups is 3. The molecule has 0 bridgehead atoms. The van der Waals surface area contributed by atoms with Crippen molar-refractivity contribution in [3.63, 3.8) is 0 Å². The summed E-state index contributed by atoms with van der Waals surface area (Å²) in [7, 11) is 1.13. The molecular formula is C29H36F3N7O6.